The van der Waals surface area contributed by atoms with Crippen molar-refractivity contribution in [1.29, 1.82) is 0 Å². The van der Waals surface area contributed by atoms with Crippen molar-refractivity contribution in [2.75, 3.05) is 0 Å². The molecular formula is C18H18N2O4S2. The molecule has 3 aromatic rings. The van der Waals surface area contributed by atoms with Gasteiger partial charge in [0.1, 0.15) is 5.01 Å². The van der Waals surface area contributed by atoms with Crippen LogP contribution in [0.15, 0.2) is 46.7 Å². The summed E-state index contributed by atoms with van der Waals surface area (Å²) in [5, 5.41) is 21.3. The third-order valence-electron chi connectivity index (χ3n) is 4.03. The molecule has 0 bridgehead atoms. The molecule has 26 heavy (non-hydrogen) atoms. The van der Waals surface area contributed by atoms with Gasteiger partial charge in [-0.2, -0.15) is 0 Å². The molecule has 0 aliphatic rings. The number of rotatable bonds is 5. The number of hydrogen-bond donors (Lipinski definition) is 3. The Morgan fingerprint density at radius 2 is 1.81 bits per heavy atom. The molecule has 0 saturated heterocycles. The summed E-state index contributed by atoms with van der Waals surface area (Å²) in [6.45, 7) is 3.87. The number of nitrogens with zero attached hydrogens (tertiary/aromatic N) is 1. The topological polar surface area (TPSA) is 99.5 Å². The zero-order valence-electron chi connectivity index (χ0n) is 14.2. The summed E-state index contributed by atoms with van der Waals surface area (Å²) < 4.78 is 27.4. The molecular weight excluding hydrogens is 372 g/mol. The van der Waals surface area contributed by atoms with Crippen molar-refractivity contribution >= 4 is 21.4 Å². The second-order valence-corrected chi connectivity index (χ2v) is 8.61. The fourth-order valence-corrected chi connectivity index (χ4v) is 4.24. The molecule has 0 radical (unpaired) electrons. The lowest BCUT2D eigenvalue weighted by Gasteiger charge is -2.07. The molecule has 3 N–H and O–H groups in total. The van der Waals surface area contributed by atoms with E-state index in [-0.39, 0.29) is 22.9 Å². The van der Waals surface area contributed by atoms with Crippen LogP contribution in [0.4, 0.5) is 0 Å². The fourth-order valence-electron chi connectivity index (χ4n) is 2.33. The molecule has 6 nitrogen and oxygen atoms in total. The zero-order valence-corrected chi connectivity index (χ0v) is 15.9. The number of phenols is 2. The van der Waals surface area contributed by atoms with Gasteiger partial charge in [-0.15, -0.1) is 11.3 Å². The summed E-state index contributed by atoms with van der Waals surface area (Å²) in [4.78, 5) is 4.60. The van der Waals surface area contributed by atoms with E-state index in [2.05, 4.69) is 9.71 Å². The lowest BCUT2D eigenvalue weighted by Crippen LogP contribution is -2.23. The standard InChI is InChI=1S/C18H18N2O4S2/c1-11-3-5-14(7-12(11)2)26(23,24)19-9-18-20-15(10-25-18)13-4-6-16(21)17(22)8-13/h3-8,10,19,21-22H,9H2,1-2H3. The summed E-state index contributed by atoms with van der Waals surface area (Å²) in [5.41, 5.74) is 3.19. The summed E-state index contributed by atoms with van der Waals surface area (Å²) in [7, 11) is -3.62. The summed E-state index contributed by atoms with van der Waals surface area (Å²) in [6, 6.07) is 9.43. The van der Waals surface area contributed by atoms with Gasteiger partial charge in [-0.1, -0.05) is 6.07 Å². The number of aryl methyl sites for hydroxylation is 2. The highest BCUT2D eigenvalue weighted by molar-refractivity contribution is 7.89. The van der Waals surface area contributed by atoms with Gasteiger partial charge in [0.25, 0.3) is 0 Å². The van der Waals surface area contributed by atoms with Gasteiger partial charge in [0.2, 0.25) is 10.0 Å². The molecule has 0 aliphatic heterocycles. The Kier molecular flexibility index (Phi) is 4.99. The molecule has 0 amide bonds. The number of thiazole rings is 1. The average Bonchev–Trinajstić information content (AvgIpc) is 3.07. The van der Waals surface area contributed by atoms with Crippen LogP contribution in [0.5, 0.6) is 11.5 Å². The van der Waals surface area contributed by atoms with Crippen molar-refractivity contribution in [1.82, 2.24) is 9.71 Å². The first kappa shape index (κ1) is 18.4. The lowest BCUT2D eigenvalue weighted by atomic mass is 10.1. The predicted octanol–water partition coefficient (Wildman–Crippen LogP) is 3.32. The van der Waals surface area contributed by atoms with Crippen molar-refractivity contribution in [2.45, 2.75) is 25.3 Å². The van der Waals surface area contributed by atoms with E-state index in [9.17, 15) is 18.6 Å². The molecule has 2 aromatic carbocycles. The minimum atomic E-state index is -3.62. The first-order chi connectivity index (χ1) is 12.3. The van der Waals surface area contributed by atoms with E-state index >= 15 is 0 Å². The maximum atomic E-state index is 12.4. The largest absolute Gasteiger partial charge is 0.504 e. The van der Waals surface area contributed by atoms with Crippen LogP contribution >= 0.6 is 11.3 Å². The van der Waals surface area contributed by atoms with Gasteiger partial charge in [0.05, 0.1) is 17.1 Å². The number of hydrogen-bond acceptors (Lipinski definition) is 6. The molecule has 8 heteroatoms. The van der Waals surface area contributed by atoms with Crippen LogP contribution in [0.2, 0.25) is 0 Å². The summed E-state index contributed by atoms with van der Waals surface area (Å²) >= 11 is 1.31. The average molecular weight is 390 g/mol. The highest BCUT2D eigenvalue weighted by Crippen LogP contribution is 2.31. The molecule has 0 spiro atoms. The van der Waals surface area contributed by atoms with E-state index in [0.717, 1.165) is 11.1 Å². The van der Waals surface area contributed by atoms with Gasteiger partial charge in [0.15, 0.2) is 11.5 Å². The maximum absolute atomic E-state index is 12.4. The summed E-state index contributed by atoms with van der Waals surface area (Å²) in [5.74, 6) is -0.433. The van der Waals surface area contributed by atoms with E-state index in [1.807, 2.05) is 13.8 Å². The predicted molar refractivity (Wildman–Crippen MR) is 101 cm³/mol. The molecule has 3 rings (SSSR count). The first-order valence-corrected chi connectivity index (χ1v) is 10.2. The van der Waals surface area contributed by atoms with Gasteiger partial charge in [-0.05, 0) is 55.3 Å². The van der Waals surface area contributed by atoms with Crippen LogP contribution in [0, 0.1) is 13.8 Å². The highest BCUT2D eigenvalue weighted by Gasteiger charge is 2.16. The van der Waals surface area contributed by atoms with Crippen molar-refractivity contribution < 1.29 is 18.6 Å². The van der Waals surface area contributed by atoms with Crippen molar-refractivity contribution in [3.8, 4) is 22.8 Å². The molecule has 0 saturated carbocycles. The van der Waals surface area contributed by atoms with Gasteiger partial charge in [-0.25, -0.2) is 18.1 Å². The van der Waals surface area contributed by atoms with Crippen LogP contribution in [0.3, 0.4) is 0 Å². The lowest BCUT2D eigenvalue weighted by molar-refractivity contribution is 0.404. The van der Waals surface area contributed by atoms with Crippen LogP contribution in [-0.2, 0) is 16.6 Å². The molecule has 0 aliphatic carbocycles. The number of nitrogens with one attached hydrogen (secondary N) is 1. The monoisotopic (exact) mass is 390 g/mol. The Morgan fingerprint density at radius 1 is 1.04 bits per heavy atom. The van der Waals surface area contributed by atoms with Crippen molar-refractivity contribution in [3.63, 3.8) is 0 Å². The van der Waals surface area contributed by atoms with E-state index in [4.69, 9.17) is 0 Å². The third kappa shape index (κ3) is 3.87. The molecule has 1 aromatic heterocycles. The Bertz CT molecular complexity index is 1060. The normalized spacial score (nSPS) is 11.6. The van der Waals surface area contributed by atoms with E-state index < -0.39 is 10.0 Å². The van der Waals surface area contributed by atoms with E-state index in [1.54, 1.807) is 29.6 Å². The minimum Gasteiger partial charge on any atom is -0.504 e. The summed E-state index contributed by atoms with van der Waals surface area (Å²) in [6.07, 6.45) is 0. The Hall–Kier alpha value is -2.42. The number of sulfonamides is 1. The van der Waals surface area contributed by atoms with Gasteiger partial charge >= 0.3 is 0 Å². The smallest absolute Gasteiger partial charge is 0.240 e. The molecule has 0 atom stereocenters. The third-order valence-corrected chi connectivity index (χ3v) is 6.27. The van der Waals surface area contributed by atoms with Gasteiger partial charge in [-0.3, -0.25) is 0 Å². The molecule has 136 valence electrons. The van der Waals surface area contributed by atoms with Crippen molar-refractivity contribution in [3.05, 3.63) is 57.9 Å². The maximum Gasteiger partial charge on any atom is 0.240 e. The number of phenolic OH excluding ortho intramolecular Hbond substituents is 2. The minimum absolute atomic E-state index is 0.0734. The molecule has 0 unspecified atom stereocenters. The van der Waals surface area contributed by atoms with Crippen molar-refractivity contribution in [2.24, 2.45) is 0 Å². The number of benzene rings is 2. The Labute approximate surface area is 155 Å². The zero-order chi connectivity index (χ0) is 18.9. The second-order valence-electron chi connectivity index (χ2n) is 5.90. The number of aromatic hydroxyl groups is 2. The Morgan fingerprint density at radius 3 is 2.50 bits per heavy atom. The molecule has 0 fully saturated rings. The SMILES string of the molecule is Cc1ccc(S(=O)(=O)NCc2nc(-c3ccc(O)c(O)c3)cs2)cc1C. The fraction of sp³-hybridized carbons (Fsp3) is 0.167. The molecule has 1 heterocycles. The van der Waals surface area contributed by atoms with Gasteiger partial charge < -0.3 is 10.2 Å². The Balaban J connectivity index is 1.74. The van der Waals surface area contributed by atoms with Crippen LogP contribution in [0.1, 0.15) is 16.1 Å². The van der Waals surface area contributed by atoms with Gasteiger partial charge in [0, 0.05) is 10.9 Å². The van der Waals surface area contributed by atoms with E-state index in [0.29, 0.717) is 16.3 Å². The number of aromatic nitrogens is 1. The van der Waals surface area contributed by atoms with Crippen LogP contribution in [0.25, 0.3) is 11.3 Å². The second kappa shape index (κ2) is 7.06. The van der Waals surface area contributed by atoms with E-state index in [1.165, 1.54) is 23.5 Å². The quantitative estimate of drug-likeness (QED) is 0.581. The highest BCUT2D eigenvalue weighted by atomic mass is 32.2. The first-order valence-electron chi connectivity index (χ1n) is 7.80. The van der Waals surface area contributed by atoms with Crippen LogP contribution in [-0.4, -0.2) is 23.6 Å². The van der Waals surface area contributed by atoms with Crippen LogP contribution < -0.4 is 4.72 Å².